The molecular weight excluding hydrogens is 202 g/mol. The number of nitrogens with two attached hydrogens (primary N) is 1. The Kier molecular flexibility index (Phi) is 3.41. The van der Waals surface area contributed by atoms with Crippen molar-refractivity contribution in [2.45, 2.75) is 18.9 Å². The van der Waals surface area contributed by atoms with Gasteiger partial charge in [0.2, 0.25) is 0 Å². The zero-order valence-electron chi connectivity index (χ0n) is 9.94. The smallest absolute Gasteiger partial charge is 0.123 e. The zero-order valence-corrected chi connectivity index (χ0v) is 9.94. The Balaban J connectivity index is 2.27. The van der Waals surface area contributed by atoms with Crippen LogP contribution in [0.5, 0.6) is 0 Å². The summed E-state index contributed by atoms with van der Waals surface area (Å²) in [6.07, 6.45) is 1.09. The van der Waals surface area contributed by atoms with Crippen molar-refractivity contribution in [2.75, 3.05) is 33.0 Å². The Morgan fingerprint density at radius 2 is 2.31 bits per heavy atom. The maximum Gasteiger partial charge on any atom is 0.123 e. The Labute approximate surface area is 96.4 Å². The molecule has 1 aliphatic heterocycles. The molecule has 1 aromatic heterocycles. The molecule has 0 saturated carbocycles. The molecule has 1 aliphatic rings. The van der Waals surface area contributed by atoms with E-state index in [2.05, 4.69) is 16.0 Å². The van der Waals surface area contributed by atoms with Crippen molar-refractivity contribution in [2.24, 2.45) is 0 Å². The lowest BCUT2D eigenvalue weighted by Gasteiger charge is -2.17. The Morgan fingerprint density at radius 1 is 1.50 bits per heavy atom. The van der Waals surface area contributed by atoms with E-state index in [4.69, 9.17) is 10.5 Å². The normalized spacial score (nSPS) is 20.6. The van der Waals surface area contributed by atoms with Gasteiger partial charge in [-0.1, -0.05) is 6.07 Å². The molecule has 1 saturated heterocycles. The van der Waals surface area contributed by atoms with Crippen molar-refractivity contribution in [1.82, 2.24) is 9.88 Å². The molecule has 1 aromatic rings. The largest absolute Gasteiger partial charge is 0.384 e. The fourth-order valence-corrected chi connectivity index (χ4v) is 2.11. The van der Waals surface area contributed by atoms with E-state index < -0.39 is 0 Å². The second-order valence-corrected chi connectivity index (χ2v) is 4.57. The molecule has 16 heavy (non-hydrogen) atoms. The third-order valence-electron chi connectivity index (χ3n) is 2.87. The summed E-state index contributed by atoms with van der Waals surface area (Å²) >= 11 is 0. The van der Waals surface area contributed by atoms with Gasteiger partial charge in [0.1, 0.15) is 5.82 Å². The van der Waals surface area contributed by atoms with E-state index in [1.807, 2.05) is 20.2 Å². The van der Waals surface area contributed by atoms with Gasteiger partial charge in [-0.05, 0) is 32.1 Å². The van der Waals surface area contributed by atoms with E-state index >= 15 is 0 Å². The standard InChI is InChI=1S/C12H19N3O/c1-15(2)7-11-10(3-4-12(13)14-11)9-5-6-16-8-9/h3-4,9H,5-8H2,1-2H3,(H2,13,14). The number of rotatable bonds is 3. The van der Waals surface area contributed by atoms with Gasteiger partial charge in [0.05, 0.1) is 12.3 Å². The summed E-state index contributed by atoms with van der Waals surface area (Å²) in [7, 11) is 4.08. The topological polar surface area (TPSA) is 51.4 Å². The number of ether oxygens (including phenoxy) is 1. The SMILES string of the molecule is CN(C)Cc1nc(N)ccc1C1CCOC1. The molecule has 2 heterocycles. The summed E-state index contributed by atoms with van der Waals surface area (Å²) in [6.45, 7) is 2.50. The average molecular weight is 221 g/mol. The average Bonchev–Trinajstić information content (AvgIpc) is 2.69. The summed E-state index contributed by atoms with van der Waals surface area (Å²) in [4.78, 5) is 6.55. The first-order chi connectivity index (χ1) is 7.66. The van der Waals surface area contributed by atoms with Crippen molar-refractivity contribution in [1.29, 1.82) is 0 Å². The van der Waals surface area contributed by atoms with Crippen LogP contribution in [-0.2, 0) is 11.3 Å². The second kappa shape index (κ2) is 4.80. The maximum absolute atomic E-state index is 5.74. The van der Waals surface area contributed by atoms with E-state index in [1.165, 1.54) is 5.56 Å². The maximum atomic E-state index is 5.74. The van der Waals surface area contributed by atoms with E-state index in [0.29, 0.717) is 11.7 Å². The van der Waals surface area contributed by atoms with Crippen LogP contribution in [0.3, 0.4) is 0 Å². The molecule has 0 aromatic carbocycles. The third-order valence-corrected chi connectivity index (χ3v) is 2.87. The van der Waals surface area contributed by atoms with E-state index in [1.54, 1.807) is 0 Å². The van der Waals surface area contributed by atoms with Crippen LogP contribution in [0.2, 0.25) is 0 Å². The van der Waals surface area contributed by atoms with Gasteiger partial charge in [-0.15, -0.1) is 0 Å². The lowest BCUT2D eigenvalue weighted by Crippen LogP contribution is -2.16. The highest BCUT2D eigenvalue weighted by Gasteiger charge is 2.21. The number of nitrogens with zero attached hydrogens (tertiary/aromatic N) is 2. The predicted octanol–water partition coefficient (Wildman–Crippen LogP) is 1.23. The predicted molar refractivity (Wildman–Crippen MR) is 64.2 cm³/mol. The van der Waals surface area contributed by atoms with Crippen molar-refractivity contribution in [3.63, 3.8) is 0 Å². The first-order valence-electron chi connectivity index (χ1n) is 5.64. The zero-order chi connectivity index (χ0) is 11.5. The van der Waals surface area contributed by atoms with Gasteiger partial charge < -0.3 is 15.4 Å². The molecule has 0 spiro atoms. The highest BCUT2D eigenvalue weighted by atomic mass is 16.5. The lowest BCUT2D eigenvalue weighted by molar-refractivity contribution is 0.193. The first kappa shape index (κ1) is 11.4. The van der Waals surface area contributed by atoms with Gasteiger partial charge >= 0.3 is 0 Å². The third kappa shape index (κ3) is 2.51. The highest BCUT2D eigenvalue weighted by Crippen LogP contribution is 2.28. The summed E-state index contributed by atoms with van der Waals surface area (Å²) < 4.78 is 5.43. The second-order valence-electron chi connectivity index (χ2n) is 4.57. The van der Waals surface area contributed by atoms with Crippen molar-refractivity contribution in [3.05, 3.63) is 23.4 Å². The molecule has 0 aliphatic carbocycles. The van der Waals surface area contributed by atoms with E-state index in [-0.39, 0.29) is 0 Å². The van der Waals surface area contributed by atoms with Gasteiger partial charge in [0, 0.05) is 19.1 Å². The van der Waals surface area contributed by atoms with Gasteiger partial charge in [0.15, 0.2) is 0 Å². The molecule has 4 heteroatoms. The van der Waals surface area contributed by atoms with Crippen LogP contribution < -0.4 is 5.73 Å². The number of aromatic nitrogens is 1. The van der Waals surface area contributed by atoms with Crippen LogP contribution >= 0.6 is 0 Å². The van der Waals surface area contributed by atoms with Crippen LogP contribution in [0.4, 0.5) is 5.82 Å². The molecule has 0 bridgehead atoms. The molecule has 1 unspecified atom stereocenters. The van der Waals surface area contributed by atoms with Gasteiger partial charge in [-0.25, -0.2) is 4.98 Å². The highest BCUT2D eigenvalue weighted by molar-refractivity contribution is 5.36. The van der Waals surface area contributed by atoms with Gasteiger partial charge in [-0.2, -0.15) is 0 Å². The fourth-order valence-electron chi connectivity index (χ4n) is 2.11. The van der Waals surface area contributed by atoms with Crippen LogP contribution in [0.15, 0.2) is 12.1 Å². The minimum atomic E-state index is 0.489. The molecule has 1 atom stereocenters. The number of hydrogen-bond donors (Lipinski definition) is 1. The lowest BCUT2D eigenvalue weighted by atomic mass is 9.96. The molecule has 2 rings (SSSR count). The Hall–Kier alpha value is -1.13. The number of pyridine rings is 1. The molecule has 2 N–H and O–H groups in total. The Bertz CT molecular complexity index is 359. The van der Waals surface area contributed by atoms with Gasteiger partial charge in [0.25, 0.3) is 0 Å². The minimum Gasteiger partial charge on any atom is -0.384 e. The first-order valence-corrected chi connectivity index (χ1v) is 5.64. The number of nitrogen functional groups attached to an aromatic ring is 1. The molecule has 88 valence electrons. The van der Waals surface area contributed by atoms with Gasteiger partial charge in [-0.3, -0.25) is 0 Å². The summed E-state index contributed by atoms with van der Waals surface area (Å²) in [5.41, 5.74) is 8.12. The summed E-state index contributed by atoms with van der Waals surface area (Å²) in [5, 5.41) is 0. The quantitative estimate of drug-likeness (QED) is 0.834. The molecule has 4 nitrogen and oxygen atoms in total. The number of hydrogen-bond acceptors (Lipinski definition) is 4. The van der Waals surface area contributed by atoms with Crippen LogP contribution in [-0.4, -0.2) is 37.2 Å². The minimum absolute atomic E-state index is 0.489. The van der Waals surface area contributed by atoms with Crippen molar-refractivity contribution >= 4 is 5.82 Å². The van der Waals surface area contributed by atoms with E-state index in [0.717, 1.165) is 31.9 Å². The summed E-state index contributed by atoms with van der Waals surface area (Å²) in [6, 6.07) is 3.98. The van der Waals surface area contributed by atoms with Crippen LogP contribution in [0.25, 0.3) is 0 Å². The number of anilines is 1. The van der Waals surface area contributed by atoms with E-state index in [9.17, 15) is 0 Å². The van der Waals surface area contributed by atoms with Crippen molar-refractivity contribution < 1.29 is 4.74 Å². The van der Waals surface area contributed by atoms with Crippen LogP contribution in [0, 0.1) is 0 Å². The molecule has 0 amide bonds. The molecule has 1 fully saturated rings. The Morgan fingerprint density at radius 3 is 2.94 bits per heavy atom. The summed E-state index contributed by atoms with van der Waals surface area (Å²) in [5.74, 6) is 1.09. The molecular formula is C12H19N3O. The fraction of sp³-hybridized carbons (Fsp3) is 0.583. The van der Waals surface area contributed by atoms with Crippen LogP contribution in [0.1, 0.15) is 23.6 Å². The molecule has 0 radical (unpaired) electrons. The van der Waals surface area contributed by atoms with Crippen molar-refractivity contribution in [3.8, 4) is 0 Å². The monoisotopic (exact) mass is 221 g/mol.